The second-order valence-electron chi connectivity index (χ2n) is 6.42. The lowest BCUT2D eigenvalue weighted by Crippen LogP contribution is -2.29. The van der Waals surface area contributed by atoms with Gasteiger partial charge < -0.3 is 5.32 Å². The number of aromatic amines is 1. The molecule has 0 aliphatic heterocycles. The fraction of sp³-hybridized carbons (Fsp3) is 0.286. The smallest absolute Gasteiger partial charge is 0.230 e. The van der Waals surface area contributed by atoms with E-state index < -0.39 is 0 Å². The first-order valence-corrected chi connectivity index (χ1v) is 10.1. The standard InChI is InChI=1S/C21H24N4OS/c1-3-16-9-11-18(12-10-16)20-23-21(25-24-20)27-14-19(26)22-13-15(2)17-7-5-4-6-8-17/h4-12,15H,3,13-14H2,1-2H3,(H,22,26)(H,23,24,25)/t15-/m0/s1. The molecule has 2 aromatic carbocycles. The maximum atomic E-state index is 12.1. The minimum Gasteiger partial charge on any atom is -0.355 e. The lowest BCUT2D eigenvalue weighted by Gasteiger charge is -2.12. The molecule has 3 rings (SSSR count). The Kier molecular flexibility index (Phi) is 6.65. The monoisotopic (exact) mass is 380 g/mol. The van der Waals surface area contributed by atoms with Crippen LogP contribution in [0.3, 0.4) is 0 Å². The second kappa shape index (κ2) is 9.37. The SMILES string of the molecule is CCc1ccc(-c2nc(SCC(=O)NC[C@H](C)c3ccccc3)n[nH]2)cc1. The molecule has 0 saturated carbocycles. The van der Waals surface area contributed by atoms with Gasteiger partial charge >= 0.3 is 0 Å². The molecule has 0 saturated heterocycles. The van der Waals surface area contributed by atoms with Gasteiger partial charge in [0.1, 0.15) is 0 Å². The van der Waals surface area contributed by atoms with Gasteiger partial charge in [-0.25, -0.2) is 4.98 Å². The number of hydrogen-bond donors (Lipinski definition) is 2. The fourth-order valence-corrected chi connectivity index (χ4v) is 3.31. The van der Waals surface area contributed by atoms with Crippen LogP contribution in [-0.4, -0.2) is 33.4 Å². The molecule has 27 heavy (non-hydrogen) atoms. The van der Waals surface area contributed by atoms with Crippen molar-refractivity contribution >= 4 is 17.7 Å². The Balaban J connectivity index is 1.47. The number of rotatable bonds is 8. The molecule has 6 heteroatoms. The number of nitrogens with zero attached hydrogens (tertiary/aromatic N) is 2. The number of carbonyl (C=O) groups excluding carboxylic acids is 1. The Labute approximate surface area is 164 Å². The number of benzene rings is 2. The summed E-state index contributed by atoms with van der Waals surface area (Å²) in [6, 6.07) is 18.4. The molecule has 3 aromatic rings. The van der Waals surface area contributed by atoms with Gasteiger partial charge in [-0.15, -0.1) is 5.10 Å². The Morgan fingerprint density at radius 2 is 1.89 bits per heavy atom. The molecule has 0 aliphatic carbocycles. The highest BCUT2D eigenvalue weighted by atomic mass is 32.2. The van der Waals surface area contributed by atoms with Gasteiger partial charge in [-0.2, -0.15) is 0 Å². The number of aryl methyl sites for hydroxylation is 1. The average molecular weight is 381 g/mol. The van der Waals surface area contributed by atoms with Gasteiger partial charge in [0.2, 0.25) is 11.1 Å². The maximum absolute atomic E-state index is 12.1. The third kappa shape index (κ3) is 5.44. The Morgan fingerprint density at radius 3 is 2.59 bits per heavy atom. The number of aromatic nitrogens is 3. The lowest BCUT2D eigenvalue weighted by molar-refractivity contribution is -0.118. The molecule has 1 aromatic heterocycles. The molecular weight excluding hydrogens is 356 g/mol. The van der Waals surface area contributed by atoms with Gasteiger partial charge in [-0.3, -0.25) is 9.89 Å². The number of nitrogens with one attached hydrogen (secondary N) is 2. The Morgan fingerprint density at radius 1 is 1.15 bits per heavy atom. The molecule has 0 spiro atoms. The van der Waals surface area contributed by atoms with Crippen LogP contribution in [0.4, 0.5) is 0 Å². The highest BCUT2D eigenvalue weighted by Crippen LogP contribution is 2.20. The molecule has 1 atom stereocenters. The zero-order valence-electron chi connectivity index (χ0n) is 15.6. The van der Waals surface area contributed by atoms with Crippen LogP contribution in [0.15, 0.2) is 59.8 Å². The lowest BCUT2D eigenvalue weighted by atomic mass is 10.0. The van der Waals surface area contributed by atoms with E-state index >= 15 is 0 Å². The van der Waals surface area contributed by atoms with Crippen molar-refractivity contribution in [3.63, 3.8) is 0 Å². The number of thioether (sulfide) groups is 1. The molecule has 0 bridgehead atoms. The summed E-state index contributed by atoms with van der Waals surface area (Å²) in [6.07, 6.45) is 1.01. The van der Waals surface area contributed by atoms with Crippen LogP contribution < -0.4 is 5.32 Å². The molecule has 140 valence electrons. The van der Waals surface area contributed by atoms with Gasteiger partial charge in [-0.05, 0) is 23.5 Å². The number of H-pyrrole nitrogens is 1. The van der Waals surface area contributed by atoms with E-state index in [0.717, 1.165) is 17.8 Å². The zero-order chi connectivity index (χ0) is 19.1. The highest BCUT2D eigenvalue weighted by Gasteiger charge is 2.11. The van der Waals surface area contributed by atoms with E-state index in [0.29, 0.717) is 17.5 Å². The summed E-state index contributed by atoms with van der Waals surface area (Å²) in [5.74, 6) is 1.29. The maximum Gasteiger partial charge on any atom is 0.230 e. The first kappa shape index (κ1) is 19.2. The Hall–Kier alpha value is -2.60. The number of carbonyl (C=O) groups is 1. The van der Waals surface area contributed by atoms with Crippen molar-refractivity contribution in [3.8, 4) is 11.4 Å². The van der Waals surface area contributed by atoms with Crippen LogP contribution in [0.1, 0.15) is 30.9 Å². The van der Waals surface area contributed by atoms with Crippen molar-refractivity contribution in [2.75, 3.05) is 12.3 Å². The number of amides is 1. The first-order valence-electron chi connectivity index (χ1n) is 9.12. The van der Waals surface area contributed by atoms with Crippen molar-refractivity contribution < 1.29 is 4.79 Å². The van der Waals surface area contributed by atoms with Gasteiger partial charge in [0, 0.05) is 12.1 Å². The van der Waals surface area contributed by atoms with E-state index in [1.54, 1.807) is 0 Å². The van der Waals surface area contributed by atoms with Crippen LogP contribution in [-0.2, 0) is 11.2 Å². The summed E-state index contributed by atoms with van der Waals surface area (Å²) in [7, 11) is 0. The highest BCUT2D eigenvalue weighted by molar-refractivity contribution is 7.99. The van der Waals surface area contributed by atoms with Crippen molar-refractivity contribution in [1.82, 2.24) is 20.5 Å². The average Bonchev–Trinajstić information content (AvgIpc) is 3.20. The molecule has 0 radical (unpaired) electrons. The molecule has 5 nitrogen and oxygen atoms in total. The summed E-state index contributed by atoms with van der Waals surface area (Å²) >= 11 is 1.33. The predicted molar refractivity (Wildman–Crippen MR) is 110 cm³/mol. The van der Waals surface area contributed by atoms with Crippen molar-refractivity contribution in [1.29, 1.82) is 0 Å². The van der Waals surface area contributed by atoms with Gasteiger partial charge in [0.25, 0.3) is 0 Å². The van der Waals surface area contributed by atoms with Crippen LogP contribution in [0.25, 0.3) is 11.4 Å². The van der Waals surface area contributed by atoms with E-state index in [-0.39, 0.29) is 11.8 Å². The minimum absolute atomic E-state index is 0.0126. The van der Waals surface area contributed by atoms with Gasteiger partial charge in [0.15, 0.2) is 5.82 Å². The van der Waals surface area contributed by atoms with Crippen LogP contribution in [0, 0.1) is 0 Å². The largest absolute Gasteiger partial charge is 0.355 e. The van der Waals surface area contributed by atoms with Crippen molar-refractivity contribution in [2.24, 2.45) is 0 Å². The van der Waals surface area contributed by atoms with Crippen LogP contribution in [0.2, 0.25) is 0 Å². The first-order chi connectivity index (χ1) is 13.2. The topological polar surface area (TPSA) is 70.7 Å². The summed E-state index contributed by atoms with van der Waals surface area (Å²) in [5, 5.41) is 10.7. The van der Waals surface area contributed by atoms with Crippen molar-refractivity contribution in [2.45, 2.75) is 31.3 Å². The third-order valence-corrected chi connectivity index (χ3v) is 5.25. The van der Waals surface area contributed by atoms with Gasteiger partial charge in [0.05, 0.1) is 5.75 Å². The predicted octanol–water partition coefficient (Wildman–Crippen LogP) is 4.05. The van der Waals surface area contributed by atoms with E-state index in [9.17, 15) is 4.79 Å². The van der Waals surface area contributed by atoms with Crippen LogP contribution >= 0.6 is 11.8 Å². The molecule has 0 unspecified atom stereocenters. The minimum atomic E-state index is -0.0126. The third-order valence-electron chi connectivity index (χ3n) is 4.41. The number of hydrogen-bond acceptors (Lipinski definition) is 4. The molecule has 0 aliphatic rings. The zero-order valence-corrected chi connectivity index (χ0v) is 16.4. The van der Waals surface area contributed by atoms with Crippen LogP contribution in [0.5, 0.6) is 0 Å². The summed E-state index contributed by atoms with van der Waals surface area (Å²) in [5.41, 5.74) is 3.50. The summed E-state index contributed by atoms with van der Waals surface area (Å²) < 4.78 is 0. The second-order valence-corrected chi connectivity index (χ2v) is 7.36. The summed E-state index contributed by atoms with van der Waals surface area (Å²) in [4.78, 5) is 16.6. The van der Waals surface area contributed by atoms with Gasteiger partial charge in [-0.1, -0.05) is 80.2 Å². The molecule has 1 heterocycles. The Bertz CT molecular complexity index is 861. The molecule has 0 fully saturated rings. The van der Waals surface area contributed by atoms with E-state index in [1.807, 2.05) is 30.3 Å². The van der Waals surface area contributed by atoms with E-state index in [2.05, 4.69) is 58.6 Å². The molecule has 2 N–H and O–H groups in total. The molecular formula is C21H24N4OS. The van der Waals surface area contributed by atoms with Crippen molar-refractivity contribution in [3.05, 3.63) is 65.7 Å². The normalized spacial score (nSPS) is 11.9. The summed E-state index contributed by atoms with van der Waals surface area (Å²) in [6.45, 7) is 4.85. The van der Waals surface area contributed by atoms with E-state index in [4.69, 9.17) is 0 Å². The fourth-order valence-electron chi connectivity index (χ4n) is 2.69. The molecule has 1 amide bonds. The van der Waals surface area contributed by atoms with E-state index in [1.165, 1.54) is 22.9 Å². The quantitative estimate of drug-likeness (QED) is 0.579.